The van der Waals surface area contributed by atoms with Crippen molar-refractivity contribution in [3.05, 3.63) is 41.5 Å². The second kappa shape index (κ2) is 6.56. The zero-order valence-corrected chi connectivity index (χ0v) is 11.9. The minimum Gasteiger partial charge on any atom is -0.370 e. The van der Waals surface area contributed by atoms with Crippen LogP contribution in [0.5, 0.6) is 0 Å². The minimum absolute atomic E-state index is 0.199. The van der Waals surface area contributed by atoms with Gasteiger partial charge < -0.3 is 5.32 Å². The van der Waals surface area contributed by atoms with Gasteiger partial charge in [0.15, 0.2) is 17.5 Å². The Hall–Kier alpha value is -2.11. The summed E-state index contributed by atoms with van der Waals surface area (Å²) < 4.78 is 39.8. The zero-order chi connectivity index (χ0) is 15.4. The zero-order valence-electron chi connectivity index (χ0n) is 11.9. The average Bonchev–Trinajstić information content (AvgIpc) is 2.49. The molecule has 1 aromatic carbocycles. The maximum atomic E-state index is 13.4. The van der Waals surface area contributed by atoms with E-state index in [1.165, 1.54) is 6.33 Å². The van der Waals surface area contributed by atoms with Gasteiger partial charge in [-0.15, -0.1) is 0 Å². The van der Waals surface area contributed by atoms with Gasteiger partial charge in [0.1, 0.15) is 12.1 Å². The molecular weight excluding hydrogens is 279 g/mol. The summed E-state index contributed by atoms with van der Waals surface area (Å²) >= 11 is 0. The van der Waals surface area contributed by atoms with Gasteiger partial charge in [0, 0.05) is 17.7 Å². The third-order valence-corrected chi connectivity index (χ3v) is 3.10. The van der Waals surface area contributed by atoms with E-state index in [0.717, 1.165) is 30.7 Å². The molecule has 2 rings (SSSR count). The highest BCUT2D eigenvalue weighted by molar-refractivity contribution is 5.68. The molecule has 0 aliphatic rings. The number of nitrogens with one attached hydrogen (secondary N) is 1. The molecule has 0 fully saturated rings. The van der Waals surface area contributed by atoms with Crippen molar-refractivity contribution in [1.82, 2.24) is 9.97 Å². The van der Waals surface area contributed by atoms with Crippen LogP contribution in [0, 0.1) is 17.5 Å². The standard InChI is InChI=1S/C15H16F3N3/c1-3-5-19-15-10(4-2)14(20-8-21-15)9-6-11(16)13(18)12(17)7-9/h6-8H,3-5H2,1-2H3,(H,19,20,21). The summed E-state index contributed by atoms with van der Waals surface area (Å²) in [5.74, 6) is -3.30. The van der Waals surface area contributed by atoms with E-state index in [4.69, 9.17) is 0 Å². The van der Waals surface area contributed by atoms with E-state index in [1.807, 2.05) is 13.8 Å². The van der Waals surface area contributed by atoms with Crippen molar-refractivity contribution >= 4 is 5.82 Å². The highest BCUT2D eigenvalue weighted by Gasteiger charge is 2.16. The molecule has 6 heteroatoms. The Morgan fingerprint density at radius 2 is 1.71 bits per heavy atom. The molecule has 1 heterocycles. The monoisotopic (exact) mass is 295 g/mol. The van der Waals surface area contributed by atoms with Crippen molar-refractivity contribution in [2.45, 2.75) is 26.7 Å². The van der Waals surface area contributed by atoms with Gasteiger partial charge in [-0.05, 0) is 25.0 Å². The molecule has 1 aromatic heterocycles. The lowest BCUT2D eigenvalue weighted by Crippen LogP contribution is -2.07. The number of rotatable bonds is 5. The minimum atomic E-state index is -1.48. The van der Waals surface area contributed by atoms with Crippen molar-refractivity contribution in [2.24, 2.45) is 0 Å². The normalized spacial score (nSPS) is 10.7. The Morgan fingerprint density at radius 3 is 2.29 bits per heavy atom. The fourth-order valence-electron chi connectivity index (χ4n) is 2.08. The SMILES string of the molecule is CCCNc1ncnc(-c2cc(F)c(F)c(F)c2)c1CC. The summed E-state index contributed by atoms with van der Waals surface area (Å²) in [5, 5.41) is 3.15. The van der Waals surface area contributed by atoms with E-state index in [9.17, 15) is 13.2 Å². The number of benzene rings is 1. The molecule has 0 aliphatic heterocycles. The van der Waals surface area contributed by atoms with Crippen LogP contribution in [0.15, 0.2) is 18.5 Å². The molecule has 0 unspecified atom stereocenters. The molecule has 0 atom stereocenters. The van der Waals surface area contributed by atoms with E-state index >= 15 is 0 Å². The molecule has 0 saturated heterocycles. The van der Waals surface area contributed by atoms with Gasteiger partial charge in [0.2, 0.25) is 0 Å². The first-order valence-corrected chi connectivity index (χ1v) is 6.81. The maximum absolute atomic E-state index is 13.4. The first-order chi connectivity index (χ1) is 10.1. The van der Waals surface area contributed by atoms with Gasteiger partial charge in [-0.1, -0.05) is 13.8 Å². The number of hydrogen-bond acceptors (Lipinski definition) is 3. The van der Waals surface area contributed by atoms with E-state index < -0.39 is 17.5 Å². The lowest BCUT2D eigenvalue weighted by Gasteiger charge is -2.13. The van der Waals surface area contributed by atoms with Crippen LogP contribution in [0.2, 0.25) is 0 Å². The number of hydrogen-bond donors (Lipinski definition) is 1. The summed E-state index contributed by atoms with van der Waals surface area (Å²) in [6, 6.07) is 1.90. The van der Waals surface area contributed by atoms with E-state index in [2.05, 4.69) is 15.3 Å². The predicted molar refractivity (Wildman–Crippen MR) is 75.5 cm³/mol. The lowest BCUT2D eigenvalue weighted by molar-refractivity contribution is 0.447. The Kier molecular flexibility index (Phi) is 4.77. The van der Waals surface area contributed by atoms with Crippen LogP contribution in [0.25, 0.3) is 11.3 Å². The number of aromatic nitrogens is 2. The van der Waals surface area contributed by atoms with Crippen molar-refractivity contribution in [3.63, 3.8) is 0 Å². The third kappa shape index (κ3) is 3.15. The predicted octanol–water partition coefficient (Wildman–Crippen LogP) is 3.95. The second-order valence-electron chi connectivity index (χ2n) is 4.58. The van der Waals surface area contributed by atoms with Gasteiger partial charge in [0.05, 0.1) is 5.69 Å². The molecule has 0 amide bonds. The van der Waals surface area contributed by atoms with E-state index in [1.54, 1.807) is 0 Å². The molecule has 1 N–H and O–H groups in total. The van der Waals surface area contributed by atoms with Crippen molar-refractivity contribution in [3.8, 4) is 11.3 Å². The van der Waals surface area contributed by atoms with E-state index in [-0.39, 0.29) is 5.56 Å². The molecule has 0 radical (unpaired) electrons. The number of anilines is 1. The van der Waals surface area contributed by atoms with Crippen molar-refractivity contribution in [2.75, 3.05) is 11.9 Å². The molecule has 0 saturated carbocycles. The van der Waals surface area contributed by atoms with Gasteiger partial charge >= 0.3 is 0 Å². The van der Waals surface area contributed by atoms with Crippen molar-refractivity contribution in [1.29, 1.82) is 0 Å². The molecule has 0 aliphatic carbocycles. The van der Waals surface area contributed by atoms with Crippen LogP contribution in [-0.2, 0) is 6.42 Å². The Balaban J connectivity index is 2.53. The fourth-order valence-corrected chi connectivity index (χ4v) is 2.08. The van der Waals surface area contributed by atoms with Crippen LogP contribution < -0.4 is 5.32 Å². The molecule has 0 bridgehead atoms. The highest BCUT2D eigenvalue weighted by Crippen LogP contribution is 2.28. The van der Waals surface area contributed by atoms with Gasteiger partial charge in [-0.2, -0.15) is 0 Å². The second-order valence-corrected chi connectivity index (χ2v) is 4.58. The summed E-state index contributed by atoms with van der Waals surface area (Å²) in [4.78, 5) is 8.25. The van der Waals surface area contributed by atoms with Gasteiger partial charge in [-0.25, -0.2) is 23.1 Å². The van der Waals surface area contributed by atoms with Crippen LogP contribution in [0.3, 0.4) is 0 Å². The summed E-state index contributed by atoms with van der Waals surface area (Å²) in [7, 11) is 0. The van der Waals surface area contributed by atoms with Gasteiger partial charge in [-0.3, -0.25) is 0 Å². The van der Waals surface area contributed by atoms with Crippen LogP contribution in [0.4, 0.5) is 19.0 Å². The quantitative estimate of drug-likeness (QED) is 0.849. The van der Waals surface area contributed by atoms with E-state index in [0.29, 0.717) is 17.9 Å². The molecule has 2 aromatic rings. The molecule has 0 spiro atoms. The molecule has 3 nitrogen and oxygen atoms in total. The molecular formula is C15H16F3N3. The third-order valence-electron chi connectivity index (χ3n) is 3.10. The number of nitrogens with zero attached hydrogens (tertiary/aromatic N) is 2. The smallest absolute Gasteiger partial charge is 0.194 e. The molecule has 21 heavy (non-hydrogen) atoms. The Bertz CT molecular complexity index is 621. The Morgan fingerprint density at radius 1 is 1.05 bits per heavy atom. The lowest BCUT2D eigenvalue weighted by atomic mass is 10.0. The summed E-state index contributed by atoms with van der Waals surface area (Å²) in [5.41, 5.74) is 1.35. The summed E-state index contributed by atoms with van der Waals surface area (Å²) in [6.45, 7) is 4.65. The largest absolute Gasteiger partial charge is 0.370 e. The highest BCUT2D eigenvalue weighted by atomic mass is 19.2. The van der Waals surface area contributed by atoms with Crippen LogP contribution in [0.1, 0.15) is 25.8 Å². The Labute approximate surface area is 121 Å². The van der Waals surface area contributed by atoms with Crippen LogP contribution >= 0.6 is 0 Å². The summed E-state index contributed by atoms with van der Waals surface area (Å²) in [6.07, 6.45) is 2.83. The first-order valence-electron chi connectivity index (χ1n) is 6.81. The van der Waals surface area contributed by atoms with Crippen LogP contribution in [-0.4, -0.2) is 16.5 Å². The number of halogens is 3. The average molecular weight is 295 g/mol. The fraction of sp³-hybridized carbons (Fsp3) is 0.333. The topological polar surface area (TPSA) is 37.8 Å². The van der Waals surface area contributed by atoms with Gasteiger partial charge in [0.25, 0.3) is 0 Å². The maximum Gasteiger partial charge on any atom is 0.194 e. The first kappa shape index (κ1) is 15.3. The van der Waals surface area contributed by atoms with Crippen molar-refractivity contribution < 1.29 is 13.2 Å². The molecule has 112 valence electrons.